The van der Waals surface area contributed by atoms with Crippen molar-refractivity contribution in [3.8, 4) is 17.1 Å². The molecule has 0 amide bonds. The van der Waals surface area contributed by atoms with Crippen molar-refractivity contribution in [3.05, 3.63) is 29.7 Å². The van der Waals surface area contributed by atoms with E-state index in [9.17, 15) is 0 Å². The standard InChI is InChI=1S/C15H20N4O2/c1-20-13-5-4-11(15-17-14(9-16)21-18-15)8-12(13)10-19-6-2-3-7-19/h4-5,8H,2-3,6-7,9-10,16H2,1H3. The first-order chi connectivity index (χ1) is 10.3. The molecule has 2 heterocycles. The molecule has 112 valence electrons. The normalized spacial score (nSPS) is 15.5. The van der Waals surface area contributed by atoms with Crippen LogP contribution in [0.4, 0.5) is 0 Å². The molecule has 2 N–H and O–H groups in total. The number of benzene rings is 1. The monoisotopic (exact) mass is 288 g/mol. The molecular formula is C15H20N4O2. The highest BCUT2D eigenvalue weighted by atomic mass is 16.5. The Balaban J connectivity index is 1.87. The number of methoxy groups -OCH3 is 1. The molecule has 1 aliphatic heterocycles. The second-order valence-electron chi connectivity index (χ2n) is 5.23. The van der Waals surface area contributed by atoms with Gasteiger partial charge in [-0.25, -0.2) is 0 Å². The maximum atomic E-state index is 5.50. The molecule has 1 fully saturated rings. The van der Waals surface area contributed by atoms with E-state index >= 15 is 0 Å². The Bertz CT molecular complexity index is 605. The van der Waals surface area contributed by atoms with Crippen molar-refractivity contribution in [3.63, 3.8) is 0 Å². The maximum absolute atomic E-state index is 5.50. The van der Waals surface area contributed by atoms with Gasteiger partial charge in [-0.05, 0) is 44.1 Å². The molecule has 21 heavy (non-hydrogen) atoms. The quantitative estimate of drug-likeness (QED) is 0.904. The van der Waals surface area contributed by atoms with E-state index in [-0.39, 0.29) is 6.54 Å². The van der Waals surface area contributed by atoms with E-state index < -0.39 is 0 Å². The largest absolute Gasteiger partial charge is 0.496 e. The molecule has 1 aliphatic rings. The number of hydrogen-bond donors (Lipinski definition) is 1. The zero-order chi connectivity index (χ0) is 14.7. The van der Waals surface area contributed by atoms with E-state index in [0.29, 0.717) is 11.7 Å². The SMILES string of the molecule is COc1ccc(-c2noc(CN)n2)cc1CN1CCCC1. The van der Waals surface area contributed by atoms with Crippen molar-refractivity contribution < 1.29 is 9.26 Å². The average molecular weight is 288 g/mol. The van der Waals surface area contributed by atoms with Crippen molar-refractivity contribution in [1.29, 1.82) is 0 Å². The lowest BCUT2D eigenvalue weighted by atomic mass is 10.1. The minimum Gasteiger partial charge on any atom is -0.496 e. The van der Waals surface area contributed by atoms with Gasteiger partial charge in [-0.15, -0.1) is 0 Å². The summed E-state index contributed by atoms with van der Waals surface area (Å²) in [6.07, 6.45) is 2.54. The number of nitrogens with zero attached hydrogens (tertiary/aromatic N) is 3. The highest BCUT2D eigenvalue weighted by Gasteiger charge is 2.16. The fourth-order valence-electron chi connectivity index (χ4n) is 2.68. The Morgan fingerprint density at radius 1 is 1.33 bits per heavy atom. The third-order valence-corrected chi connectivity index (χ3v) is 3.77. The molecule has 0 unspecified atom stereocenters. The number of rotatable bonds is 5. The number of nitrogens with two attached hydrogens (primary N) is 1. The van der Waals surface area contributed by atoms with Gasteiger partial charge in [0.1, 0.15) is 5.75 Å². The summed E-state index contributed by atoms with van der Waals surface area (Å²) in [5.41, 5.74) is 7.58. The fourth-order valence-corrected chi connectivity index (χ4v) is 2.68. The molecule has 2 aromatic rings. The first-order valence-corrected chi connectivity index (χ1v) is 7.22. The van der Waals surface area contributed by atoms with Crippen molar-refractivity contribution in [2.45, 2.75) is 25.9 Å². The minimum absolute atomic E-state index is 0.254. The lowest BCUT2D eigenvalue weighted by Crippen LogP contribution is -2.18. The average Bonchev–Trinajstić information content (AvgIpc) is 3.18. The van der Waals surface area contributed by atoms with Crippen LogP contribution in [-0.4, -0.2) is 35.2 Å². The number of aromatic nitrogens is 2. The molecule has 6 nitrogen and oxygen atoms in total. The Morgan fingerprint density at radius 3 is 2.81 bits per heavy atom. The molecule has 1 aromatic carbocycles. The van der Waals surface area contributed by atoms with Crippen LogP contribution < -0.4 is 10.5 Å². The van der Waals surface area contributed by atoms with Gasteiger partial charge >= 0.3 is 0 Å². The molecule has 0 saturated carbocycles. The van der Waals surface area contributed by atoms with Gasteiger partial charge in [0.15, 0.2) is 0 Å². The van der Waals surface area contributed by atoms with Crippen molar-refractivity contribution in [1.82, 2.24) is 15.0 Å². The molecule has 6 heteroatoms. The van der Waals surface area contributed by atoms with Crippen molar-refractivity contribution in [2.24, 2.45) is 5.73 Å². The third kappa shape index (κ3) is 3.06. The van der Waals surface area contributed by atoms with Crippen LogP contribution in [0.25, 0.3) is 11.4 Å². The topological polar surface area (TPSA) is 77.4 Å². The van der Waals surface area contributed by atoms with Crippen LogP contribution in [0.2, 0.25) is 0 Å². The van der Waals surface area contributed by atoms with E-state index in [0.717, 1.165) is 36.5 Å². The highest BCUT2D eigenvalue weighted by Crippen LogP contribution is 2.27. The highest BCUT2D eigenvalue weighted by molar-refractivity contribution is 5.58. The Hall–Kier alpha value is -1.92. The predicted molar refractivity (Wildman–Crippen MR) is 78.7 cm³/mol. The number of hydrogen-bond acceptors (Lipinski definition) is 6. The van der Waals surface area contributed by atoms with Gasteiger partial charge in [0.2, 0.25) is 11.7 Å². The number of ether oxygens (including phenoxy) is 1. The van der Waals surface area contributed by atoms with Crippen LogP contribution in [-0.2, 0) is 13.1 Å². The molecule has 0 bridgehead atoms. The van der Waals surface area contributed by atoms with Gasteiger partial charge in [0, 0.05) is 17.7 Å². The second-order valence-corrected chi connectivity index (χ2v) is 5.23. The molecule has 0 aliphatic carbocycles. The van der Waals surface area contributed by atoms with Crippen molar-refractivity contribution >= 4 is 0 Å². The Morgan fingerprint density at radius 2 is 2.14 bits per heavy atom. The van der Waals surface area contributed by atoms with E-state index in [2.05, 4.69) is 21.1 Å². The van der Waals surface area contributed by atoms with E-state index in [1.54, 1.807) is 7.11 Å². The van der Waals surface area contributed by atoms with Crippen LogP contribution in [0.5, 0.6) is 5.75 Å². The summed E-state index contributed by atoms with van der Waals surface area (Å²) in [6.45, 7) is 3.43. The van der Waals surface area contributed by atoms with Gasteiger partial charge in [-0.1, -0.05) is 5.16 Å². The second kappa shape index (κ2) is 6.24. The predicted octanol–water partition coefficient (Wildman–Crippen LogP) is 1.80. The molecule has 1 aromatic heterocycles. The summed E-state index contributed by atoms with van der Waals surface area (Å²) in [5.74, 6) is 1.91. The van der Waals surface area contributed by atoms with Crippen LogP contribution in [0.3, 0.4) is 0 Å². The van der Waals surface area contributed by atoms with Crippen LogP contribution in [0.15, 0.2) is 22.7 Å². The minimum atomic E-state index is 0.254. The summed E-state index contributed by atoms with van der Waals surface area (Å²) in [6, 6.07) is 5.97. The summed E-state index contributed by atoms with van der Waals surface area (Å²) < 4.78 is 10.5. The first-order valence-electron chi connectivity index (χ1n) is 7.22. The van der Waals surface area contributed by atoms with Crippen molar-refractivity contribution in [2.75, 3.05) is 20.2 Å². The van der Waals surface area contributed by atoms with E-state index in [4.69, 9.17) is 15.0 Å². The smallest absolute Gasteiger partial charge is 0.240 e. The molecule has 1 saturated heterocycles. The lowest BCUT2D eigenvalue weighted by molar-refractivity contribution is 0.321. The summed E-state index contributed by atoms with van der Waals surface area (Å²) in [7, 11) is 1.70. The fraction of sp³-hybridized carbons (Fsp3) is 0.467. The van der Waals surface area contributed by atoms with Gasteiger partial charge in [-0.3, -0.25) is 4.90 Å². The van der Waals surface area contributed by atoms with E-state index in [1.165, 1.54) is 12.8 Å². The molecule has 0 atom stereocenters. The Labute approximate surface area is 123 Å². The number of likely N-dealkylation sites (tertiary alicyclic amines) is 1. The lowest BCUT2D eigenvalue weighted by Gasteiger charge is -2.17. The summed E-state index contributed by atoms with van der Waals surface area (Å²) in [4.78, 5) is 6.70. The first kappa shape index (κ1) is 14.0. The van der Waals surface area contributed by atoms with Crippen LogP contribution in [0.1, 0.15) is 24.3 Å². The van der Waals surface area contributed by atoms with Gasteiger partial charge < -0.3 is 15.0 Å². The van der Waals surface area contributed by atoms with Gasteiger partial charge in [-0.2, -0.15) is 4.98 Å². The van der Waals surface area contributed by atoms with Gasteiger partial charge in [0.05, 0.1) is 13.7 Å². The zero-order valence-corrected chi connectivity index (χ0v) is 12.2. The van der Waals surface area contributed by atoms with Crippen LogP contribution >= 0.6 is 0 Å². The molecular weight excluding hydrogens is 268 g/mol. The van der Waals surface area contributed by atoms with E-state index in [1.807, 2.05) is 12.1 Å². The Kier molecular flexibility index (Phi) is 4.17. The third-order valence-electron chi connectivity index (χ3n) is 3.77. The molecule has 0 radical (unpaired) electrons. The zero-order valence-electron chi connectivity index (χ0n) is 12.2. The maximum Gasteiger partial charge on any atom is 0.240 e. The van der Waals surface area contributed by atoms with Gasteiger partial charge in [0.25, 0.3) is 0 Å². The molecule has 3 rings (SSSR count). The summed E-state index contributed by atoms with van der Waals surface area (Å²) >= 11 is 0. The summed E-state index contributed by atoms with van der Waals surface area (Å²) in [5, 5.41) is 3.97. The molecule has 0 spiro atoms. The van der Waals surface area contributed by atoms with Crippen LogP contribution in [0, 0.1) is 0 Å².